The number of aromatic nitrogens is 2. The summed E-state index contributed by atoms with van der Waals surface area (Å²) < 4.78 is 9.31. The fourth-order valence-electron chi connectivity index (χ4n) is 8.34. The van der Waals surface area contributed by atoms with Gasteiger partial charge in [0, 0.05) is 50.0 Å². The van der Waals surface area contributed by atoms with Crippen LogP contribution in [0, 0.1) is 18.8 Å². The van der Waals surface area contributed by atoms with Crippen LogP contribution < -0.4 is 14.5 Å². The van der Waals surface area contributed by atoms with Gasteiger partial charge in [-0.25, -0.2) is 4.98 Å². The summed E-state index contributed by atoms with van der Waals surface area (Å²) in [7, 11) is 0. The van der Waals surface area contributed by atoms with E-state index in [4.69, 9.17) is 9.72 Å². The molecule has 0 unspecified atom stereocenters. The molecule has 0 radical (unpaired) electrons. The van der Waals surface area contributed by atoms with E-state index in [-0.39, 0.29) is 48.1 Å². The number of para-hydroxylation sites is 1. The van der Waals surface area contributed by atoms with Crippen molar-refractivity contribution in [3.05, 3.63) is 174 Å². The zero-order valence-electron chi connectivity index (χ0n) is 39.6. The van der Waals surface area contributed by atoms with Gasteiger partial charge in [-0.05, 0) is 97.4 Å². The van der Waals surface area contributed by atoms with Gasteiger partial charge >= 0.3 is 0 Å². The number of nitrogens with zero attached hydrogens (tertiary/aromatic N) is 4. The predicted molar refractivity (Wildman–Crippen MR) is 261 cm³/mol. The number of benzene rings is 5. The Labute approximate surface area is 391 Å². The van der Waals surface area contributed by atoms with Crippen LogP contribution in [0.25, 0.3) is 27.6 Å². The Morgan fingerprint density at radius 1 is 0.540 bits per heavy atom. The van der Waals surface area contributed by atoms with Gasteiger partial charge in [0.25, 0.3) is 0 Å². The van der Waals surface area contributed by atoms with Crippen LogP contribution in [0.1, 0.15) is 130 Å². The second-order valence-corrected chi connectivity index (χ2v) is 21.7. The molecule has 1 aliphatic rings. The minimum atomic E-state index is -0.388. The maximum atomic E-state index is 7.05. The van der Waals surface area contributed by atoms with Crippen LogP contribution in [0.4, 0.5) is 11.4 Å². The van der Waals surface area contributed by atoms with Crippen LogP contribution in [0.5, 0.6) is 11.5 Å². The summed E-state index contributed by atoms with van der Waals surface area (Å²) >= 11 is 0. The molecule has 5 nitrogen and oxygen atoms in total. The molecule has 7 aromatic rings. The van der Waals surface area contributed by atoms with E-state index in [1.807, 2.05) is 6.20 Å². The van der Waals surface area contributed by atoms with Crippen molar-refractivity contribution < 1.29 is 25.8 Å². The molecule has 0 aliphatic carbocycles. The Morgan fingerprint density at radius 2 is 1.11 bits per heavy atom. The van der Waals surface area contributed by atoms with Crippen molar-refractivity contribution in [3.63, 3.8) is 0 Å². The molecule has 0 saturated carbocycles. The Morgan fingerprint density at radius 3 is 1.75 bits per heavy atom. The monoisotopic (exact) mass is 1010 g/mol. The van der Waals surface area contributed by atoms with E-state index in [0.717, 1.165) is 50.1 Å². The minimum absolute atomic E-state index is 0. The first-order valence-corrected chi connectivity index (χ1v) is 22.0. The Bertz CT molecular complexity index is 2790. The summed E-state index contributed by atoms with van der Waals surface area (Å²) in [6.07, 6.45) is 6.17. The van der Waals surface area contributed by atoms with Crippen molar-refractivity contribution in [2.45, 2.75) is 124 Å². The number of rotatable bonds is 7. The van der Waals surface area contributed by atoms with Crippen LogP contribution in [-0.4, -0.2) is 9.55 Å². The van der Waals surface area contributed by atoms with Crippen LogP contribution in [0.2, 0.25) is 0 Å². The Hall–Kier alpha value is -5.12. The van der Waals surface area contributed by atoms with E-state index >= 15 is 0 Å². The molecule has 8 rings (SSSR count). The summed E-state index contributed by atoms with van der Waals surface area (Å²) in [5.74, 6) is 2.11. The second kappa shape index (κ2) is 16.5. The van der Waals surface area contributed by atoms with Crippen molar-refractivity contribution in [1.29, 1.82) is 0 Å². The molecule has 1 aliphatic heterocycles. The number of fused-ring (bicyclic) bond motifs is 3. The fourth-order valence-corrected chi connectivity index (χ4v) is 8.34. The third-order valence-electron chi connectivity index (χ3n) is 12.4. The maximum Gasteiger partial charge on any atom is 0.135 e. The Kier molecular flexibility index (Phi) is 12.0. The molecular weight excluding hydrogens is 952 g/mol. The zero-order chi connectivity index (χ0) is 44.6. The van der Waals surface area contributed by atoms with Crippen molar-refractivity contribution in [2.24, 2.45) is 0 Å². The SMILES string of the molecule is CC(C)(C)c1cc(Oc2[c-]c3c(c(C(C)(C)c4ccccc4)c2)c2ccccc2n3-c2cc(C(C)(C)C)ccn2)[c-]c(N2C=CN(c3cc(C(C)(C)C)cc(C(C)(C)C)c3)[CH-]2)c1.[Pt]. The normalized spacial score (nSPS) is 13.9. The Balaban J connectivity index is 0.00000595. The molecule has 0 bridgehead atoms. The van der Waals surface area contributed by atoms with E-state index in [9.17, 15) is 0 Å². The summed E-state index contributed by atoms with van der Waals surface area (Å²) in [5, 5.41) is 2.29. The van der Waals surface area contributed by atoms with Crippen molar-refractivity contribution >= 4 is 33.2 Å². The van der Waals surface area contributed by atoms with Crippen LogP contribution in [-0.2, 0) is 48.1 Å². The quantitative estimate of drug-likeness (QED) is 0.149. The van der Waals surface area contributed by atoms with Gasteiger partial charge in [-0.2, -0.15) is 0 Å². The molecule has 0 amide bonds. The van der Waals surface area contributed by atoms with Gasteiger partial charge in [0.2, 0.25) is 0 Å². The predicted octanol–water partition coefficient (Wildman–Crippen LogP) is 15.0. The molecule has 5 aromatic carbocycles. The minimum Gasteiger partial charge on any atom is -0.509 e. The van der Waals surface area contributed by atoms with Gasteiger partial charge in [0.15, 0.2) is 0 Å². The number of hydrogen-bond acceptors (Lipinski definition) is 4. The van der Waals surface area contributed by atoms with Gasteiger partial charge in [-0.3, -0.25) is 0 Å². The molecule has 330 valence electrons. The maximum absolute atomic E-state index is 7.05. The molecule has 3 heterocycles. The average molecular weight is 1020 g/mol. The van der Waals surface area contributed by atoms with E-state index < -0.39 is 0 Å². The van der Waals surface area contributed by atoms with Gasteiger partial charge < -0.3 is 19.1 Å². The molecule has 6 heteroatoms. The van der Waals surface area contributed by atoms with Crippen molar-refractivity contribution in [2.75, 3.05) is 9.80 Å². The molecular formula is C57H63N4OPt-3. The molecule has 0 fully saturated rings. The van der Waals surface area contributed by atoms with Gasteiger partial charge in [0.1, 0.15) is 5.82 Å². The number of pyridine rings is 1. The first kappa shape index (κ1) is 45.9. The summed E-state index contributed by atoms with van der Waals surface area (Å²) in [4.78, 5) is 9.35. The molecule has 0 spiro atoms. The molecule has 0 saturated heterocycles. The first-order valence-electron chi connectivity index (χ1n) is 22.0. The van der Waals surface area contributed by atoms with Crippen molar-refractivity contribution in [1.82, 2.24) is 9.55 Å². The van der Waals surface area contributed by atoms with E-state index in [1.165, 1.54) is 22.3 Å². The third-order valence-corrected chi connectivity index (χ3v) is 12.4. The number of ether oxygens (including phenoxy) is 1. The topological polar surface area (TPSA) is 33.5 Å². The summed E-state index contributed by atoms with van der Waals surface area (Å²) in [5.41, 5.74) is 10.8. The van der Waals surface area contributed by atoms with Gasteiger partial charge in [-0.1, -0.05) is 162 Å². The van der Waals surface area contributed by atoms with E-state index in [0.29, 0.717) is 11.5 Å². The summed E-state index contributed by atoms with van der Waals surface area (Å²) in [6, 6.07) is 44.8. The van der Waals surface area contributed by atoms with E-state index in [2.05, 4.69) is 246 Å². The fraction of sp³-hybridized carbons (Fsp3) is 0.333. The zero-order valence-corrected chi connectivity index (χ0v) is 41.9. The number of hydrogen-bond donors (Lipinski definition) is 0. The first-order chi connectivity index (χ1) is 29.0. The summed E-state index contributed by atoms with van der Waals surface area (Å²) in [6.45, 7) is 33.9. The van der Waals surface area contributed by atoms with Gasteiger partial charge in [0.05, 0.1) is 0 Å². The standard InChI is InChI=1S/C57H63N4O.Pt/c1-53(2,3)39-24-25-58-51(33-39)61-49-23-19-18-22-47(49)52-48(57(13,14)38-20-16-15-17-21-38)35-46(36-50(52)61)62-45-32-42(56(10,11)12)31-44(34-45)60-27-26-59(37-60)43-29-40(54(4,5)6)28-41(30-43)55(7,8)9;/h15-33,35,37H,1-14H3;/q-3;. The van der Waals surface area contributed by atoms with Gasteiger partial charge in [-0.15, -0.1) is 53.8 Å². The number of anilines is 2. The van der Waals surface area contributed by atoms with E-state index in [1.54, 1.807) is 0 Å². The molecule has 0 N–H and O–H groups in total. The van der Waals surface area contributed by atoms with Crippen LogP contribution >= 0.6 is 0 Å². The second-order valence-electron chi connectivity index (χ2n) is 21.7. The van der Waals surface area contributed by atoms with Crippen LogP contribution in [0.3, 0.4) is 0 Å². The molecule has 0 atom stereocenters. The molecule has 2 aromatic heterocycles. The van der Waals surface area contributed by atoms with Crippen LogP contribution in [0.15, 0.2) is 122 Å². The largest absolute Gasteiger partial charge is 0.509 e. The third kappa shape index (κ3) is 9.14. The molecule has 63 heavy (non-hydrogen) atoms. The smallest absolute Gasteiger partial charge is 0.135 e. The average Bonchev–Trinajstić information content (AvgIpc) is 3.83. The van der Waals surface area contributed by atoms with Crippen molar-refractivity contribution in [3.8, 4) is 17.3 Å².